The minimum atomic E-state index is -0.449. The summed E-state index contributed by atoms with van der Waals surface area (Å²) in [5, 5.41) is 4.56. The Morgan fingerprint density at radius 3 is 2.88 bits per heavy atom. The topological polar surface area (TPSA) is 44.9 Å². The van der Waals surface area contributed by atoms with Gasteiger partial charge >= 0.3 is 0 Å². The van der Waals surface area contributed by atoms with Gasteiger partial charge in [0.25, 0.3) is 0 Å². The first-order chi connectivity index (χ1) is 12.1. The fraction of sp³-hybridized carbons (Fsp3) is 0.250. The minimum Gasteiger partial charge on any atom is -0.358 e. The highest BCUT2D eigenvalue weighted by atomic mass is 35.5. The second kappa shape index (κ2) is 6.28. The normalized spacial score (nSPS) is 16.8. The maximum absolute atomic E-state index is 13.2. The molecule has 3 aromatic rings. The Kier molecular flexibility index (Phi) is 4.10. The van der Waals surface area contributed by atoms with E-state index in [2.05, 4.69) is 10.3 Å². The van der Waals surface area contributed by atoms with Gasteiger partial charge in [0.1, 0.15) is 5.82 Å². The molecule has 128 valence electrons. The highest BCUT2D eigenvalue weighted by Crippen LogP contribution is 2.31. The number of rotatable bonds is 3. The van der Waals surface area contributed by atoms with E-state index in [1.807, 2.05) is 19.2 Å². The molecule has 0 radical (unpaired) electrons. The first kappa shape index (κ1) is 16.3. The highest BCUT2D eigenvalue weighted by molar-refractivity contribution is 6.35. The molecule has 5 heteroatoms. The maximum atomic E-state index is 13.2. The molecule has 1 unspecified atom stereocenters. The molecule has 1 aliphatic carbocycles. The summed E-state index contributed by atoms with van der Waals surface area (Å²) in [7, 11) is 1.98. The molecule has 1 aliphatic rings. The number of hydrogen-bond donors (Lipinski definition) is 2. The monoisotopic (exact) mass is 356 g/mol. The number of aromatic nitrogens is 1. The van der Waals surface area contributed by atoms with Crippen molar-refractivity contribution >= 4 is 28.3 Å². The second-order valence-corrected chi connectivity index (χ2v) is 6.93. The van der Waals surface area contributed by atoms with E-state index in [-0.39, 0.29) is 10.8 Å². The third-order valence-electron chi connectivity index (χ3n) is 5.03. The quantitative estimate of drug-likeness (QED) is 0.688. The second-order valence-electron chi connectivity index (χ2n) is 6.52. The predicted octanol–water partition coefficient (Wildman–Crippen LogP) is 4.27. The maximum Gasteiger partial charge on any atom is 0.194 e. The molecule has 0 fully saturated rings. The van der Waals surface area contributed by atoms with Crippen LogP contribution in [0.3, 0.4) is 0 Å². The van der Waals surface area contributed by atoms with Gasteiger partial charge in [0.2, 0.25) is 0 Å². The fourth-order valence-electron chi connectivity index (χ4n) is 3.63. The van der Waals surface area contributed by atoms with Gasteiger partial charge < -0.3 is 10.3 Å². The number of benzene rings is 2. The fourth-order valence-corrected chi connectivity index (χ4v) is 3.89. The molecule has 0 amide bonds. The van der Waals surface area contributed by atoms with Gasteiger partial charge in [-0.3, -0.25) is 4.79 Å². The third-order valence-corrected chi connectivity index (χ3v) is 5.35. The summed E-state index contributed by atoms with van der Waals surface area (Å²) in [6.07, 6.45) is 3.05. The minimum absolute atomic E-state index is 0.136. The van der Waals surface area contributed by atoms with Crippen LogP contribution in [0.2, 0.25) is 5.02 Å². The molecule has 1 atom stereocenters. The first-order valence-electron chi connectivity index (χ1n) is 8.37. The highest BCUT2D eigenvalue weighted by Gasteiger charge is 2.22. The molecule has 2 aromatic carbocycles. The van der Waals surface area contributed by atoms with E-state index in [1.54, 1.807) is 6.07 Å². The van der Waals surface area contributed by atoms with Crippen LogP contribution in [0.25, 0.3) is 10.9 Å². The van der Waals surface area contributed by atoms with E-state index < -0.39 is 5.82 Å². The van der Waals surface area contributed by atoms with Crippen LogP contribution in [0.1, 0.15) is 33.6 Å². The van der Waals surface area contributed by atoms with Crippen molar-refractivity contribution in [3.8, 4) is 0 Å². The molecule has 4 rings (SSSR count). The molecule has 1 aromatic heterocycles. The van der Waals surface area contributed by atoms with Gasteiger partial charge in [-0.15, -0.1) is 0 Å². The number of ketones is 1. The van der Waals surface area contributed by atoms with E-state index in [0.717, 1.165) is 30.2 Å². The Morgan fingerprint density at radius 2 is 2.12 bits per heavy atom. The van der Waals surface area contributed by atoms with Crippen LogP contribution in [0.5, 0.6) is 0 Å². The average Bonchev–Trinajstić information content (AvgIpc) is 2.98. The van der Waals surface area contributed by atoms with Crippen LogP contribution >= 0.6 is 11.6 Å². The summed E-state index contributed by atoms with van der Waals surface area (Å²) in [4.78, 5) is 16.3. The lowest BCUT2D eigenvalue weighted by Crippen LogP contribution is -2.31. The number of nitrogens with one attached hydrogen (secondary N) is 2. The van der Waals surface area contributed by atoms with Crippen LogP contribution in [0.4, 0.5) is 4.39 Å². The van der Waals surface area contributed by atoms with Crippen molar-refractivity contribution in [1.82, 2.24) is 10.3 Å². The number of carbonyl (C=O) groups is 1. The Balaban J connectivity index is 1.77. The van der Waals surface area contributed by atoms with Gasteiger partial charge in [-0.2, -0.15) is 0 Å². The van der Waals surface area contributed by atoms with E-state index in [9.17, 15) is 9.18 Å². The van der Waals surface area contributed by atoms with Crippen LogP contribution in [0.15, 0.2) is 36.4 Å². The van der Waals surface area contributed by atoms with E-state index in [0.29, 0.717) is 17.2 Å². The summed E-state index contributed by atoms with van der Waals surface area (Å²) in [6, 6.07) is 9.97. The summed E-state index contributed by atoms with van der Waals surface area (Å²) in [5.41, 5.74) is 4.46. The molecule has 3 nitrogen and oxygen atoms in total. The van der Waals surface area contributed by atoms with Crippen molar-refractivity contribution in [1.29, 1.82) is 0 Å². The van der Waals surface area contributed by atoms with Crippen molar-refractivity contribution in [3.63, 3.8) is 0 Å². The van der Waals surface area contributed by atoms with Gasteiger partial charge in [-0.25, -0.2) is 4.39 Å². The molecular formula is C20H18ClFN2O. The van der Waals surface area contributed by atoms with Crippen LogP contribution in [-0.4, -0.2) is 23.9 Å². The standard InChI is InChI=1S/C20H18ClFN2O/c1-23-13-4-7-19-16(10-13)15-8-11(2-6-18(15)24-19)20(25)14-5-3-12(22)9-17(14)21/h2-3,5-6,8-9,13,23-24H,4,7,10H2,1H3. The lowest BCUT2D eigenvalue weighted by atomic mass is 9.91. The predicted molar refractivity (Wildman–Crippen MR) is 98.0 cm³/mol. The van der Waals surface area contributed by atoms with Crippen LogP contribution < -0.4 is 5.32 Å². The summed E-state index contributed by atoms with van der Waals surface area (Å²) in [6.45, 7) is 0. The molecule has 0 saturated heterocycles. The third kappa shape index (κ3) is 2.86. The number of aromatic amines is 1. The number of H-pyrrole nitrogens is 1. The van der Waals surface area contributed by atoms with Crippen molar-refractivity contribution in [2.45, 2.75) is 25.3 Å². The Bertz CT molecular complexity index is 979. The average molecular weight is 357 g/mol. The van der Waals surface area contributed by atoms with Crippen molar-refractivity contribution in [2.75, 3.05) is 7.05 Å². The number of halogens is 2. The first-order valence-corrected chi connectivity index (χ1v) is 8.75. The molecule has 2 N–H and O–H groups in total. The molecule has 0 bridgehead atoms. The zero-order chi connectivity index (χ0) is 17.6. The Morgan fingerprint density at radius 1 is 1.28 bits per heavy atom. The molecule has 0 spiro atoms. The molecule has 0 saturated carbocycles. The zero-order valence-electron chi connectivity index (χ0n) is 13.8. The van der Waals surface area contributed by atoms with Gasteiger partial charge in [-0.1, -0.05) is 11.6 Å². The molecule has 1 heterocycles. The Labute approximate surface area is 150 Å². The molecule has 0 aliphatic heterocycles. The van der Waals surface area contributed by atoms with E-state index in [4.69, 9.17) is 11.6 Å². The number of fused-ring (bicyclic) bond motifs is 3. The Hall–Kier alpha value is -2.17. The number of carbonyl (C=O) groups excluding carboxylic acids is 1. The van der Waals surface area contributed by atoms with Crippen LogP contribution in [-0.2, 0) is 12.8 Å². The zero-order valence-corrected chi connectivity index (χ0v) is 14.6. The number of hydrogen-bond acceptors (Lipinski definition) is 2. The summed E-state index contributed by atoms with van der Waals surface area (Å²) in [5.74, 6) is -0.641. The van der Waals surface area contributed by atoms with Gasteiger partial charge in [0.15, 0.2) is 5.78 Å². The van der Waals surface area contributed by atoms with Gasteiger partial charge in [0.05, 0.1) is 5.02 Å². The van der Waals surface area contributed by atoms with E-state index >= 15 is 0 Å². The van der Waals surface area contributed by atoms with Crippen molar-refractivity contribution in [2.24, 2.45) is 0 Å². The van der Waals surface area contributed by atoms with Crippen molar-refractivity contribution in [3.05, 3.63) is 69.6 Å². The summed E-state index contributed by atoms with van der Waals surface area (Å²) < 4.78 is 13.2. The van der Waals surface area contributed by atoms with Gasteiger partial charge in [0, 0.05) is 33.8 Å². The number of likely N-dealkylation sites (N-methyl/N-ethyl adjacent to an activating group) is 1. The van der Waals surface area contributed by atoms with Crippen molar-refractivity contribution < 1.29 is 9.18 Å². The lowest BCUT2D eigenvalue weighted by Gasteiger charge is -2.21. The van der Waals surface area contributed by atoms with Gasteiger partial charge in [-0.05, 0) is 68.3 Å². The largest absolute Gasteiger partial charge is 0.358 e. The van der Waals surface area contributed by atoms with E-state index in [1.165, 1.54) is 29.5 Å². The number of aryl methyl sites for hydroxylation is 1. The smallest absolute Gasteiger partial charge is 0.194 e. The molecule has 25 heavy (non-hydrogen) atoms. The molecular weight excluding hydrogens is 339 g/mol. The summed E-state index contributed by atoms with van der Waals surface area (Å²) >= 11 is 6.05. The SMILES string of the molecule is CNC1CCc2[nH]c3ccc(C(=O)c4ccc(F)cc4Cl)cc3c2C1. The van der Waals surface area contributed by atoms with Crippen LogP contribution in [0, 0.1) is 5.82 Å². The lowest BCUT2D eigenvalue weighted by molar-refractivity contribution is 0.103.